The summed E-state index contributed by atoms with van der Waals surface area (Å²) in [6, 6.07) is 14.2. The Hall–Kier alpha value is -3.74. The van der Waals surface area contributed by atoms with Crippen molar-refractivity contribution < 1.29 is 46.4 Å². The number of methoxy groups -OCH3 is 2. The lowest BCUT2D eigenvalue weighted by atomic mass is 10.0. The van der Waals surface area contributed by atoms with Gasteiger partial charge in [-0.05, 0) is 42.2 Å². The van der Waals surface area contributed by atoms with Gasteiger partial charge in [0.05, 0.1) is 18.7 Å². The van der Waals surface area contributed by atoms with E-state index in [4.69, 9.17) is 25.8 Å². The van der Waals surface area contributed by atoms with E-state index in [-0.39, 0.29) is 25.3 Å². The highest BCUT2D eigenvalue weighted by Gasteiger charge is 2.60. The summed E-state index contributed by atoms with van der Waals surface area (Å²) in [5, 5.41) is 13.4. The summed E-state index contributed by atoms with van der Waals surface area (Å²) in [7, 11) is 2.73. The first-order valence-electron chi connectivity index (χ1n) is 13.3. The molecule has 4 atom stereocenters. The van der Waals surface area contributed by atoms with E-state index in [1.54, 1.807) is 42.5 Å². The number of nitrogens with zero attached hydrogens (tertiary/aromatic N) is 1. The number of nitrogens with one attached hydrogen (secondary N) is 1. The van der Waals surface area contributed by atoms with Gasteiger partial charge in [0.1, 0.15) is 29.9 Å². The number of ether oxygens (including phenoxy) is 4. The van der Waals surface area contributed by atoms with Crippen molar-refractivity contribution in [2.24, 2.45) is 5.92 Å². The summed E-state index contributed by atoms with van der Waals surface area (Å²) in [6.45, 7) is -0.0912. The molecule has 3 aromatic carbocycles. The van der Waals surface area contributed by atoms with E-state index in [0.717, 1.165) is 0 Å². The van der Waals surface area contributed by atoms with Crippen molar-refractivity contribution in [2.75, 3.05) is 37.6 Å². The van der Waals surface area contributed by atoms with Crippen molar-refractivity contribution in [1.82, 2.24) is 0 Å². The van der Waals surface area contributed by atoms with Gasteiger partial charge in [-0.25, -0.2) is 4.39 Å². The molecule has 0 saturated heterocycles. The topological polar surface area (TPSA) is 89.5 Å². The summed E-state index contributed by atoms with van der Waals surface area (Å²) < 4.78 is 73.7. The first kappa shape index (κ1) is 30.7. The summed E-state index contributed by atoms with van der Waals surface area (Å²) >= 11 is 6.09. The van der Waals surface area contributed by atoms with E-state index >= 15 is 4.39 Å². The molecule has 2 aliphatic rings. The molecule has 0 spiro atoms. The van der Waals surface area contributed by atoms with Crippen molar-refractivity contribution in [3.8, 4) is 17.2 Å². The zero-order valence-corrected chi connectivity index (χ0v) is 23.9. The molecule has 0 aromatic heterocycles. The third-order valence-electron chi connectivity index (χ3n) is 7.46. The van der Waals surface area contributed by atoms with Crippen LogP contribution in [0.3, 0.4) is 0 Å². The Kier molecular flexibility index (Phi) is 8.64. The number of carbonyl (C=O) groups is 1. The number of hydrogen-bond donors (Lipinski definition) is 2. The number of aliphatic hydroxyl groups excluding tert-OH is 1. The van der Waals surface area contributed by atoms with Gasteiger partial charge in [0, 0.05) is 48.6 Å². The minimum atomic E-state index is -4.88. The fourth-order valence-electron chi connectivity index (χ4n) is 5.10. The molecule has 1 aliphatic carbocycles. The third-order valence-corrected chi connectivity index (χ3v) is 7.71. The average molecular weight is 625 g/mol. The second-order valence-electron chi connectivity index (χ2n) is 10.4. The van der Waals surface area contributed by atoms with Crippen LogP contribution in [0.25, 0.3) is 0 Å². The molecular formula is C30H29ClF4N2O6. The molecular weight excluding hydrogens is 596 g/mol. The van der Waals surface area contributed by atoms with Crippen molar-refractivity contribution in [3.63, 3.8) is 0 Å². The SMILES string of the molecule is COc1cc(NC(C(=O)N2CCc3ccc(OC(F)(F)F)cc32)c2ccc(Cl)cc2)cc(OC[C@]2(F)CC2[C@@H](O)OC)c1. The maximum Gasteiger partial charge on any atom is 0.573 e. The van der Waals surface area contributed by atoms with Gasteiger partial charge in [0.2, 0.25) is 0 Å². The summed E-state index contributed by atoms with van der Waals surface area (Å²) in [5.74, 6) is -0.970. The quantitative estimate of drug-likeness (QED) is 0.198. The van der Waals surface area contributed by atoms with Gasteiger partial charge in [-0.2, -0.15) is 0 Å². The molecule has 13 heteroatoms. The van der Waals surface area contributed by atoms with Crippen molar-refractivity contribution in [3.05, 3.63) is 76.8 Å². The van der Waals surface area contributed by atoms with Crippen LogP contribution < -0.4 is 24.4 Å². The minimum Gasteiger partial charge on any atom is -0.497 e. The van der Waals surface area contributed by atoms with Crippen LogP contribution in [0.1, 0.15) is 23.6 Å². The lowest BCUT2D eigenvalue weighted by Crippen LogP contribution is -2.37. The van der Waals surface area contributed by atoms with Crippen molar-refractivity contribution in [2.45, 2.75) is 37.2 Å². The molecule has 2 N–H and O–H groups in total. The number of carbonyl (C=O) groups excluding carboxylic acids is 1. The van der Waals surface area contributed by atoms with Gasteiger partial charge in [-0.1, -0.05) is 29.8 Å². The molecule has 0 bridgehead atoms. The Labute approximate surface area is 250 Å². The minimum absolute atomic E-state index is 0.0806. The molecule has 1 heterocycles. The van der Waals surface area contributed by atoms with E-state index in [1.807, 2.05) is 0 Å². The van der Waals surface area contributed by atoms with Gasteiger partial charge >= 0.3 is 6.36 Å². The number of rotatable bonds is 11. The molecule has 2 unspecified atom stereocenters. The number of alkyl halides is 4. The van der Waals surface area contributed by atoms with Gasteiger partial charge in [0.15, 0.2) is 12.0 Å². The number of hydrogen-bond acceptors (Lipinski definition) is 7. The summed E-state index contributed by atoms with van der Waals surface area (Å²) in [4.78, 5) is 15.5. The Morgan fingerprint density at radius 3 is 2.49 bits per heavy atom. The van der Waals surface area contributed by atoms with Gasteiger partial charge in [-0.15, -0.1) is 13.2 Å². The fourth-order valence-corrected chi connectivity index (χ4v) is 5.23. The standard InChI is InChI=1S/C30H29ClF4N2O6/c1-40-22-11-20(12-23(13-22)42-16-29(32)15-24(29)28(39)41-2)36-26(18-3-6-19(31)7-4-18)27(38)37-10-9-17-5-8-21(14-25(17)37)43-30(33,34)35/h3-8,11-14,24,26,28,36,39H,9-10,15-16H2,1-2H3/t24?,26?,28-,29+/m0/s1. The van der Waals surface area contributed by atoms with Crippen LogP contribution in [-0.4, -0.2) is 56.7 Å². The Bertz CT molecular complexity index is 1470. The van der Waals surface area contributed by atoms with E-state index in [1.165, 1.54) is 37.3 Å². The number of fused-ring (bicyclic) bond motifs is 1. The second-order valence-corrected chi connectivity index (χ2v) is 10.8. The molecule has 1 amide bonds. The summed E-state index contributed by atoms with van der Waals surface area (Å²) in [5.41, 5.74) is 0.187. The predicted octanol–water partition coefficient (Wildman–Crippen LogP) is 6.06. The van der Waals surface area contributed by atoms with Gasteiger partial charge in [0.25, 0.3) is 5.91 Å². The lowest BCUT2D eigenvalue weighted by molar-refractivity contribution is -0.274. The molecule has 43 heavy (non-hydrogen) atoms. The molecule has 5 rings (SSSR count). The number of aliphatic hydroxyl groups is 1. The highest BCUT2D eigenvalue weighted by molar-refractivity contribution is 6.30. The monoisotopic (exact) mass is 624 g/mol. The van der Waals surface area contributed by atoms with E-state index < -0.39 is 41.9 Å². The van der Waals surface area contributed by atoms with Crippen LogP contribution in [0, 0.1) is 5.92 Å². The van der Waals surface area contributed by atoms with Crippen molar-refractivity contribution in [1.29, 1.82) is 0 Å². The number of amides is 1. The molecule has 230 valence electrons. The van der Waals surface area contributed by atoms with Crippen LogP contribution in [0.15, 0.2) is 60.7 Å². The maximum absolute atomic E-state index is 15.0. The fraction of sp³-hybridized carbons (Fsp3) is 0.367. The Morgan fingerprint density at radius 2 is 1.81 bits per heavy atom. The van der Waals surface area contributed by atoms with E-state index in [0.29, 0.717) is 39.7 Å². The number of benzene rings is 3. The average Bonchev–Trinajstić information content (AvgIpc) is 3.47. The normalized spacial score (nSPS) is 20.7. The zero-order chi connectivity index (χ0) is 30.9. The van der Waals surface area contributed by atoms with Crippen LogP contribution in [-0.2, 0) is 16.0 Å². The first-order valence-corrected chi connectivity index (χ1v) is 13.7. The summed E-state index contributed by atoms with van der Waals surface area (Å²) in [6.07, 6.45) is -5.60. The first-order chi connectivity index (χ1) is 20.4. The molecule has 0 radical (unpaired) electrons. The Balaban J connectivity index is 1.41. The largest absolute Gasteiger partial charge is 0.573 e. The molecule has 1 aliphatic heterocycles. The zero-order valence-electron chi connectivity index (χ0n) is 23.2. The van der Waals surface area contributed by atoms with Crippen molar-refractivity contribution >= 4 is 28.9 Å². The van der Waals surface area contributed by atoms with E-state index in [9.17, 15) is 23.1 Å². The smallest absolute Gasteiger partial charge is 0.497 e. The molecule has 1 saturated carbocycles. The van der Waals surface area contributed by atoms with Crippen LogP contribution in [0.4, 0.5) is 28.9 Å². The van der Waals surface area contributed by atoms with Crippen LogP contribution in [0.5, 0.6) is 17.2 Å². The maximum atomic E-state index is 15.0. The van der Waals surface area contributed by atoms with Crippen LogP contribution in [0.2, 0.25) is 5.02 Å². The van der Waals surface area contributed by atoms with E-state index in [2.05, 4.69) is 10.1 Å². The molecule has 8 nitrogen and oxygen atoms in total. The number of anilines is 2. The number of halogens is 5. The van der Waals surface area contributed by atoms with Gasteiger partial charge < -0.3 is 34.3 Å². The van der Waals surface area contributed by atoms with Crippen LogP contribution >= 0.6 is 11.6 Å². The lowest BCUT2D eigenvalue weighted by Gasteiger charge is -2.27. The predicted molar refractivity (Wildman–Crippen MR) is 150 cm³/mol. The second kappa shape index (κ2) is 12.1. The molecule has 1 fully saturated rings. The third kappa shape index (κ3) is 7.09. The highest BCUT2D eigenvalue weighted by Crippen LogP contribution is 2.50. The highest BCUT2D eigenvalue weighted by atomic mass is 35.5. The molecule has 3 aromatic rings. The Morgan fingerprint density at radius 1 is 1.09 bits per heavy atom. The van der Waals surface area contributed by atoms with Gasteiger partial charge in [-0.3, -0.25) is 4.79 Å².